The molecule has 0 spiro atoms. The quantitative estimate of drug-likeness (QED) is 0.519. The molecule has 5 rings (SSSR count). The van der Waals surface area contributed by atoms with Crippen LogP contribution in [-0.2, 0) is 21.1 Å². The molecule has 6 nitrogen and oxygen atoms in total. The fourth-order valence-corrected chi connectivity index (χ4v) is 5.98. The number of benzene rings is 3. The highest BCUT2D eigenvalue weighted by Gasteiger charge is 2.31. The molecule has 1 atom stereocenters. The van der Waals surface area contributed by atoms with E-state index in [4.69, 9.17) is 4.74 Å². The van der Waals surface area contributed by atoms with Gasteiger partial charge < -0.3 is 9.64 Å². The Labute approximate surface area is 211 Å². The predicted molar refractivity (Wildman–Crippen MR) is 137 cm³/mol. The van der Waals surface area contributed by atoms with Gasteiger partial charge in [0.2, 0.25) is 0 Å². The van der Waals surface area contributed by atoms with E-state index in [1.165, 1.54) is 11.8 Å². The summed E-state index contributed by atoms with van der Waals surface area (Å²) in [6, 6.07) is 22.8. The minimum Gasteiger partial charge on any atom is -0.486 e. The van der Waals surface area contributed by atoms with Crippen LogP contribution in [0, 0.1) is 5.92 Å². The highest BCUT2D eigenvalue weighted by Crippen LogP contribution is 2.38. The summed E-state index contributed by atoms with van der Waals surface area (Å²) in [6.07, 6.45) is 3.20. The number of amides is 1. The first-order valence-electron chi connectivity index (χ1n) is 12.2. The topological polar surface area (TPSA) is 80.8 Å². The van der Waals surface area contributed by atoms with Crippen LogP contribution in [0.2, 0.25) is 0 Å². The normalized spacial score (nSPS) is 17.2. The van der Waals surface area contributed by atoms with Crippen LogP contribution in [0.3, 0.4) is 0 Å². The molecule has 2 aliphatic rings. The third-order valence-corrected chi connectivity index (χ3v) is 8.34. The molecular weight excluding hydrogens is 474 g/mol. The molecule has 3 aromatic carbocycles. The maximum absolute atomic E-state index is 13.3. The number of hydrogen-bond acceptors (Lipinski definition) is 5. The number of piperidine rings is 1. The van der Waals surface area contributed by atoms with Gasteiger partial charge in [-0.05, 0) is 60.2 Å². The van der Waals surface area contributed by atoms with Crippen LogP contribution in [0.25, 0.3) is 0 Å². The predicted octanol–water partition coefficient (Wildman–Crippen LogP) is 4.28. The lowest BCUT2D eigenvalue weighted by Gasteiger charge is -2.37. The van der Waals surface area contributed by atoms with Crippen molar-refractivity contribution < 1.29 is 22.7 Å². The van der Waals surface area contributed by atoms with Crippen molar-refractivity contribution in [1.29, 1.82) is 0 Å². The third kappa shape index (κ3) is 5.07. The molecule has 1 amide bonds. The summed E-state index contributed by atoms with van der Waals surface area (Å²) in [5.41, 5.74) is 3.63. The van der Waals surface area contributed by atoms with Gasteiger partial charge in [0.05, 0.1) is 4.90 Å². The Bertz CT molecular complexity index is 1370. The van der Waals surface area contributed by atoms with Gasteiger partial charge in [-0.1, -0.05) is 42.5 Å². The zero-order valence-corrected chi connectivity index (χ0v) is 21.0. The number of fused-ring (bicyclic) bond motifs is 1. The molecule has 1 fully saturated rings. The van der Waals surface area contributed by atoms with Crippen LogP contribution in [0.5, 0.6) is 5.75 Å². The number of ketones is 1. The van der Waals surface area contributed by atoms with Gasteiger partial charge in [-0.2, -0.15) is 0 Å². The molecule has 0 unspecified atom stereocenters. The Hall–Kier alpha value is -3.45. The van der Waals surface area contributed by atoms with Crippen molar-refractivity contribution in [2.75, 3.05) is 26.0 Å². The van der Waals surface area contributed by atoms with Gasteiger partial charge in [0, 0.05) is 42.8 Å². The highest BCUT2D eigenvalue weighted by atomic mass is 32.2. The number of carbonyl (C=O) groups excluding carboxylic acids is 2. The van der Waals surface area contributed by atoms with Crippen LogP contribution in [-0.4, -0.2) is 51.0 Å². The largest absolute Gasteiger partial charge is 0.486 e. The van der Waals surface area contributed by atoms with Gasteiger partial charge in [0.25, 0.3) is 5.91 Å². The van der Waals surface area contributed by atoms with Gasteiger partial charge in [-0.25, -0.2) is 8.42 Å². The number of hydrogen-bond donors (Lipinski definition) is 0. The zero-order valence-electron chi connectivity index (χ0n) is 20.2. The Morgan fingerprint density at radius 2 is 1.61 bits per heavy atom. The maximum Gasteiger partial charge on any atom is 0.253 e. The number of rotatable bonds is 5. The van der Waals surface area contributed by atoms with Crippen molar-refractivity contribution in [2.45, 2.75) is 30.1 Å². The highest BCUT2D eigenvalue weighted by molar-refractivity contribution is 7.90. The van der Waals surface area contributed by atoms with Gasteiger partial charge in [-0.15, -0.1) is 0 Å². The molecule has 186 valence electrons. The van der Waals surface area contributed by atoms with E-state index in [9.17, 15) is 18.0 Å². The number of sulfone groups is 1. The molecule has 0 aliphatic carbocycles. The van der Waals surface area contributed by atoms with Crippen molar-refractivity contribution in [3.63, 3.8) is 0 Å². The van der Waals surface area contributed by atoms with Crippen molar-refractivity contribution in [3.05, 3.63) is 95.1 Å². The molecule has 0 saturated carbocycles. The lowest BCUT2D eigenvalue weighted by atomic mass is 9.76. The lowest BCUT2D eigenvalue weighted by molar-refractivity contribution is -0.121. The van der Waals surface area contributed by atoms with E-state index in [1.807, 2.05) is 35.2 Å². The molecule has 0 aromatic heterocycles. The third-order valence-electron chi connectivity index (χ3n) is 7.21. The van der Waals surface area contributed by atoms with E-state index < -0.39 is 9.84 Å². The van der Waals surface area contributed by atoms with Crippen LogP contribution in [0.1, 0.15) is 45.8 Å². The zero-order chi connectivity index (χ0) is 25.3. The number of ether oxygens (including phenoxy) is 1. The van der Waals surface area contributed by atoms with Crippen LogP contribution < -0.4 is 4.74 Å². The number of Topliss-reactive ketones (excluding diaryl/α,β-unsaturated/α-hetero) is 1. The minimum atomic E-state index is -3.26. The van der Waals surface area contributed by atoms with Crippen molar-refractivity contribution >= 4 is 21.5 Å². The average Bonchev–Trinajstić information content (AvgIpc) is 2.89. The second kappa shape index (κ2) is 9.90. The summed E-state index contributed by atoms with van der Waals surface area (Å²) in [5.74, 6) is 1.10. The van der Waals surface area contributed by atoms with E-state index in [0.29, 0.717) is 41.6 Å². The van der Waals surface area contributed by atoms with Crippen LogP contribution in [0.15, 0.2) is 77.7 Å². The molecule has 0 N–H and O–H groups in total. The summed E-state index contributed by atoms with van der Waals surface area (Å²) < 4.78 is 29.3. The fourth-order valence-electron chi connectivity index (χ4n) is 5.35. The smallest absolute Gasteiger partial charge is 0.253 e. The van der Waals surface area contributed by atoms with Gasteiger partial charge in [0.15, 0.2) is 15.6 Å². The monoisotopic (exact) mass is 503 g/mol. The van der Waals surface area contributed by atoms with Crippen molar-refractivity contribution in [2.24, 2.45) is 5.92 Å². The van der Waals surface area contributed by atoms with E-state index in [-0.39, 0.29) is 24.2 Å². The van der Waals surface area contributed by atoms with Crippen LogP contribution >= 0.6 is 0 Å². The average molecular weight is 504 g/mol. The Balaban J connectivity index is 1.33. The number of likely N-dealkylation sites (tertiary alicyclic amines) is 1. The fraction of sp³-hybridized carbons (Fsp3) is 0.310. The standard InChI is InChI=1S/C29H29NO5S/c1-36(33,34)26-10-7-21(8-11-26)28(20-5-3-2-4-6-20)22-13-15-30(16-14-22)29(32)23-9-12-27-24(17-23)18-25(31)19-35-27/h2-12,17,22,28H,13-16,18-19H2,1H3/t28-/m1/s1. The first-order chi connectivity index (χ1) is 17.3. The molecule has 2 heterocycles. The maximum atomic E-state index is 13.3. The minimum absolute atomic E-state index is 0.0180. The summed E-state index contributed by atoms with van der Waals surface area (Å²) >= 11 is 0. The Morgan fingerprint density at radius 3 is 2.28 bits per heavy atom. The molecule has 3 aromatic rings. The molecule has 7 heteroatoms. The first-order valence-corrected chi connectivity index (χ1v) is 14.1. The number of carbonyl (C=O) groups is 2. The summed E-state index contributed by atoms with van der Waals surface area (Å²) in [6.45, 7) is 1.37. The van der Waals surface area contributed by atoms with Gasteiger partial charge in [-0.3, -0.25) is 9.59 Å². The van der Waals surface area contributed by atoms with E-state index in [0.717, 1.165) is 24.0 Å². The summed E-state index contributed by atoms with van der Waals surface area (Å²) in [5, 5.41) is 0. The SMILES string of the molecule is CS(=O)(=O)c1ccc([C@@H](c2ccccc2)C2CCN(C(=O)c3ccc4c(c3)CC(=O)CO4)CC2)cc1. The second-order valence-corrected chi connectivity index (χ2v) is 11.7. The van der Waals surface area contributed by atoms with E-state index in [1.54, 1.807) is 30.3 Å². The number of nitrogens with zero attached hydrogens (tertiary/aromatic N) is 1. The molecule has 0 bridgehead atoms. The van der Waals surface area contributed by atoms with Gasteiger partial charge in [0.1, 0.15) is 12.4 Å². The Morgan fingerprint density at radius 1 is 0.944 bits per heavy atom. The summed E-state index contributed by atoms with van der Waals surface area (Å²) in [4.78, 5) is 27.2. The first kappa shape index (κ1) is 24.3. The summed E-state index contributed by atoms with van der Waals surface area (Å²) in [7, 11) is -3.26. The van der Waals surface area contributed by atoms with Crippen molar-refractivity contribution in [3.8, 4) is 5.75 Å². The molecule has 1 saturated heterocycles. The Kier molecular flexibility index (Phi) is 6.67. The molecular formula is C29H29NO5S. The van der Waals surface area contributed by atoms with E-state index >= 15 is 0 Å². The van der Waals surface area contributed by atoms with Crippen LogP contribution in [0.4, 0.5) is 0 Å². The molecule has 0 radical (unpaired) electrons. The molecule has 2 aliphatic heterocycles. The second-order valence-electron chi connectivity index (χ2n) is 9.69. The van der Waals surface area contributed by atoms with Gasteiger partial charge >= 0.3 is 0 Å². The van der Waals surface area contributed by atoms with E-state index in [2.05, 4.69) is 12.1 Å². The molecule has 36 heavy (non-hydrogen) atoms. The van der Waals surface area contributed by atoms with Crippen molar-refractivity contribution in [1.82, 2.24) is 4.90 Å². The lowest BCUT2D eigenvalue weighted by Crippen LogP contribution is -2.40.